The van der Waals surface area contributed by atoms with Crippen LogP contribution in [0, 0.1) is 0 Å². The molecule has 0 unspecified atom stereocenters. The van der Waals surface area contributed by atoms with Gasteiger partial charge >= 0.3 is 5.97 Å². The average molecular weight is 375 g/mol. The number of methoxy groups -OCH3 is 1. The monoisotopic (exact) mass is 375 g/mol. The Bertz CT molecular complexity index is 1030. The molecule has 0 heterocycles. The molecule has 3 aromatic rings. The Kier molecular flexibility index (Phi) is 6.07. The lowest BCUT2D eigenvalue weighted by molar-refractivity contribution is -0.148. The summed E-state index contributed by atoms with van der Waals surface area (Å²) < 4.78 is 10.4. The van der Waals surface area contributed by atoms with Gasteiger partial charge in [0.1, 0.15) is 5.75 Å². The smallest absolute Gasteiger partial charge is 0.331 e. The van der Waals surface area contributed by atoms with Crippen LogP contribution in [0.1, 0.15) is 12.5 Å². The molecule has 142 valence electrons. The van der Waals surface area contributed by atoms with E-state index in [0.29, 0.717) is 11.4 Å². The molecular weight excluding hydrogens is 354 g/mol. The van der Waals surface area contributed by atoms with E-state index in [1.807, 2.05) is 60.7 Å². The molecule has 0 aliphatic carbocycles. The van der Waals surface area contributed by atoms with Crippen LogP contribution in [-0.2, 0) is 14.3 Å². The fraction of sp³-hybridized carbons (Fsp3) is 0.130. The summed E-state index contributed by atoms with van der Waals surface area (Å²) in [6.45, 7) is 1.53. The van der Waals surface area contributed by atoms with Crippen LogP contribution in [-0.4, -0.2) is 25.1 Å². The highest BCUT2D eigenvalue weighted by atomic mass is 16.5. The first-order valence-electron chi connectivity index (χ1n) is 8.88. The fourth-order valence-corrected chi connectivity index (χ4v) is 2.74. The summed E-state index contributed by atoms with van der Waals surface area (Å²) in [6.07, 6.45) is 1.94. The molecule has 0 aromatic heterocycles. The number of esters is 1. The molecule has 1 N–H and O–H groups in total. The largest absolute Gasteiger partial charge is 0.496 e. The molecule has 1 atom stereocenters. The van der Waals surface area contributed by atoms with Crippen molar-refractivity contribution >= 4 is 34.4 Å². The predicted molar refractivity (Wildman–Crippen MR) is 110 cm³/mol. The molecule has 0 saturated heterocycles. The van der Waals surface area contributed by atoms with E-state index in [1.165, 1.54) is 13.0 Å². The van der Waals surface area contributed by atoms with Gasteiger partial charge < -0.3 is 14.8 Å². The third-order valence-electron chi connectivity index (χ3n) is 4.22. The lowest BCUT2D eigenvalue weighted by Crippen LogP contribution is -2.29. The molecule has 0 bridgehead atoms. The molecular formula is C23H21NO4. The summed E-state index contributed by atoms with van der Waals surface area (Å²) in [5.74, 6) is -0.352. The molecule has 0 radical (unpaired) electrons. The first-order chi connectivity index (χ1) is 13.6. The van der Waals surface area contributed by atoms with E-state index in [0.717, 1.165) is 16.3 Å². The van der Waals surface area contributed by atoms with Crippen molar-refractivity contribution in [2.75, 3.05) is 12.4 Å². The van der Waals surface area contributed by atoms with Crippen LogP contribution in [0.5, 0.6) is 5.75 Å². The molecule has 0 fully saturated rings. The van der Waals surface area contributed by atoms with Crippen LogP contribution in [0.4, 0.5) is 5.69 Å². The van der Waals surface area contributed by atoms with E-state index in [4.69, 9.17) is 9.47 Å². The van der Waals surface area contributed by atoms with Crippen LogP contribution in [0.3, 0.4) is 0 Å². The zero-order chi connectivity index (χ0) is 19.9. The van der Waals surface area contributed by atoms with Crippen molar-refractivity contribution in [3.63, 3.8) is 0 Å². The van der Waals surface area contributed by atoms with Gasteiger partial charge in [-0.1, -0.05) is 48.5 Å². The Hall–Kier alpha value is -3.60. The Labute approximate surface area is 163 Å². The van der Waals surface area contributed by atoms with Gasteiger partial charge in [-0.2, -0.15) is 0 Å². The molecule has 0 aliphatic rings. The van der Waals surface area contributed by atoms with E-state index in [9.17, 15) is 9.59 Å². The quantitative estimate of drug-likeness (QED) is 0.511. The molecule has 3 aromatic carbocycles. The number of rotatable bonds is 6. The Balaban J connectivity index is 1.59. The highest BCUT2D eigenvalue weighted by Gasteiger charge is 2.17. The van der Waals surface area contributed by atoms with Crippen molar-refractivity contribution in [1.29, 1.82) is 0 Å². The second kappa shape index (κ2) is 8.86. The number of carbonyl (C=O) groups excluding carboxylic acids is 2. The van der Waals surface area contributed by atoms with Gasteiger partial charge in [0.25, 0.3) is 5.91 Å². The first-order valence-corrected chi connectivity index (χ1v) is 8.88. The minimum absolute atomic E-state index is 0.394. The maximum atomic E-state index is 12.3. The molecule has 0 spiro atoms. The summed E-state index contributed by atoms with van der Waals surface area (Å²) in [4.78, 5) is 24.4. The second-order valence-corrected chi connectivity index (χ2v) is 6.21. The van der Waals surface area contributed by atoms with Crippen molar-refractivity contribution in [1.82, 2.24) is 0 Å². The van der Waals surface area contributed by atoms with Crippen molar-refractivity contribution in [2.24, 2.45) is 0 Å². The lowest BCUT2D eigenvalue weighted by atomic mass is 10.1. The van der Waals surface area contributed by atoms with E-state index in [1.54, 1.807) is 19.3 Å². The zero-order valence-electron chi connectivity index (χ0n) is 15.7. The van der Waals surface area contributed by atoms with Gasteiger partial charge in [-0.05, 0) is 42.0 Å². The topological polar surface area (TPSA) is 64.6 Å². The molecule has 0 saturated carbocycles. The van der Waals surface area contributed by atoms with Crippen LogP contribution in [0.2, 0.25) is 0 Å². The van der Waals surface area contributed by atoms with Gasteiger partial charge in [0.15, 0.2) is 6.10 Å². The third-order valence-corrected chi connectivity index (χ3v) is 4.22. The van der Waals surface area contributed by atoms with Crippen molar-refractivity contribution in [3.05, 3.63) is 78.4 Å². The molecule has 3 rings (SSSR count). The number of hydrogen-bond acceptors (Lipinski definition) is 4. The number of ether oxygens (including phenoxy) is 2. The normalized spacial score (nSPS) is 11.9. The van der Waals surface area contributed by atoms with Crippen molar-refractivity contribution in [2.45, 2.75) is 13.0 Å². The lowest BCUT2D eigenvalue weighted by Gasteiger charge is -2.13. The third kappa shape index (κ3) is 4.76. The number of anilines is 1. The van der Waals surface area contributed by atoms with Gasteiger partial charge in [-0.15, -0.1) is 0 Å². The van der Waals surface area contributed by atoms with Crippen molar-refractivity contribution in [3.8, 4) is 5.75 Å². The predicted octanol–water partition coefficient (Wildman–Crippen LogP) is 4.43. The SMILES string of the molecule is COc1ccccc1/C=C/C(=O)O[C@H](C)C(=O)Nc1ccc2ccccc2c1. The molecule has 5 nitrogen and oxygen atoms in total. The minimum atomic E-state index is -0.929. The standard InChI is InChI=1S/C23H21NO4/c1-16(28-22(25)14-12-18-8-5-6-10-21(18)27-2)23(26)24-20-13-11-17-7-3-4-9-19(17)15-20/h3-16H,1-2H3,(H,24,26)/b14-12+/t16-/m1/s1. The maximum Gasteiger partial charge on any atom is 0.331 e. The number of hydrogen-bond donors (Lipinski definition) is 1. The number of para-hydroxylation sites is 1. The first kappa shape index (κ1) is 19.2. The summed E-state index contributed by atoms with van der Waals surface area (Å²) in [5.41, 5.74) is 1.39. The Morgan fingerprint density at radius 2 is 1.68 bits per heavy atom. The molecule has 5 heteroatoms. The van der Waals surface area contributed by atoms with Crippen LogP contribution in [0.25, 0.3) is 16.8 Å². The number of carbonyl (C=O) groups is 2. The Morgan fingerprint density at radius 3 is 2.46 bits per heavy atom. The highest BCUT2D eigenvalue weighted by Crippen LogP contribution is 2.20. The van der Waals surface area contributed by atoms with Crippen LogP contribution in [0.15, 0.2) is 72.8 Å². The van der Waals surface area contributed by atoms with Crippen molar-refractivity contribution < 1.29 is 19.1 Å². The van der Waals surface area contributed by atoms with Gasteiger partial charge in [0.2, 0.25) is 0 Å². The summed E-state index contributed by atoms with van der Waals surface area (Å²) in [7, 11) is 1.56. The summed E-state index contributed by atoms with van der Waals surface area (Å²) in [6, 6.07) is 20.8. The average Bonchev–Trinajstić information content (AvgIpc) is 2.72. The van der Waals surface area contributed by atoms with Crippen LogP contribution >= 0.6 is 0 Å². The van der Waals surface area contributed by atoms with Gasteiger partial charge in [-0.3, -0.25) is 4.79 Å². The van der Waals surface area contributed by atoms with E-state index in [2.05, 4.69) is 5.32 Å². The van der Waals surface area contributed by atoms with E-state index < -0.39 is 18.0 Å². The maximum absolute atomic E-state index is 12.3. The van der Waals surface area contributed by atoms with E-state index in [-0.39, 0.29) is 0 Å². The van der Waals surface area contributed by atoms with Gasteiger partial charge in [-0.25, -0.2) is 4.79 Å². The second-order valence-electron chi connectivity index (χ2n) is 6.21. The molecule has 28 heavy (non-hydrogen) atoms. The summed E-state index contributed by atoms with van der Waals surface area (Å²) in [5, 5.41) is 4.87. The van der Waals surface area contributed by atoms with Gasteiger partial charge in [0.05, 0.1) is 7.11 Å². The van der Waals surface area contributed by atoms with Gasteiger partial charge in [0, 0.05) is 17.3 Å². The molecule has 1 amide bonds. The number of benzene rings is 3. The number of nitrogens with one attached hydrogen (secondary N) is 1. The fourth-order valence-electron chi connectivity index (χ4n) is 2.74. The zero-order valence-corrected chi connectivity index (χ0v) is 15.7. The summed E-state index contributed by atoms with van der Waals surface area (Å²) >= 11 is 0. The molecule has 0 aliphatic heterocycles. The number of amides is 1. The highest BCUT2D eigenvalue weighted by molar-refractivity contribution is 5.98. The minimum Gasteiger partial charge on any atom is -0.496 e. The van der Waals surface area contributed by atoms with E-state index >= 15 is 0 Å². The van der Waals surface area contributed by atoms with Crippen LogP contribution < -0.4 is 10.1 Å². The number of fused-ring (bicyclic) bond motifs is 1. The Morgan fingerprint density at radius 1 is 0.964 bits per heavy atom.